The summed E-state index contributed by atoms with van der Waals surface area (Å²) < 4.78 is 0. The quantitative estimate of drug-likeness (QED) is 0.753. The lowest BCUT2D eigenvalue weighted by molar-refractivity contribution is 0.0974. The summed E-state index contributed by atoms with van der Waals surface area (Å²) in [6.45, 7) is 8.31. The molecule has 2 aliphatic rings. The van der Waals surface area contributed by atoms with Gasteiger partial charge in [0.1, 0.15) is 0 Å². The molecule has 88 valence electrons. The van der Waals surface area contributed by atoms with E-state index in [-0.39, 0.29) is 0 Å². The molecule has 15 heavy (non-hydrogen) atoms. The van der Waals surface area contributed by atoms with Crippen LogP contribution in [0.3, 0.4) is 0 Å². The summed E-state index contributed by atoms with van der Waals surface area (Å²) >= 11 is 0. The van der Waals surface area contributed by atoms with Crippen molar-refractivity contribution in [1.82, 2.24) is 10.2 Å². The zero-order valence-corrected chi connectivity index (χ0v) is 10.5. The van der Waals surface area contributed by atoms with Crippen LogP contribution in [0, 0.1) is 0 Å². The molecule has 2 rings (SSSR count). The highest BCUT2D eigenvalue weighted by atomic mass is 15.2. The lowest BCUT2D eigenvalue weighted by atomic mass is 9.97. The number of nitrogens with zero attached hydrogens (tertiary/aromatic N) is 1. The van der Waals surface area contributed by atoms with Crippen molar-refractivity contribution >= 4 is 0 Å². The molecule has 0 radical (unpaired) electrons. The smallest absolute Gasteiger partial charge is 0.0128 e. The van der Waals surface area contributed by atoms with Crippen molar-refractivity contribution < 1.29 is 0 Å². The van der Waals surface area contributed by atoms with E-state index in [4.69, 9.17) is 0 Å². The van der Waals surface area contributed by atoms with E-state index in [1.807, 2.05) is 0 Å². The average Bonchev–Trinajstić information content (AvgIpc) is 2.59. The molecule has 0 aromatic rings. The van der Waals surface area contributed by atoms with Crippen LogP contribution in [0.1, 0.15) is 52.9 Å². The van der Waals surface area contributed by atoms with Gasteiger partial charge in [0.25, 0.3) is 0 Å². The number of hydrogen-bond donors (Lipinski definition) is 1. The van der Waals surface area contributed by atoms with Gasteiger partial charge in [0, 0.05) is 24.2 Å². The Morgan fingerprint density at radius 1 is 1.20 bits per heavy atom. The number of hydrogen-bond acceptors (Lipinski definition) is 2. The summed E-state index contributed by atoms with van der Waals surface area (Å²) in [7, 11) is 0. The van der Waals surface area contributed by atoms with Gasteiger partial charge in [-0.05, 0) is 52.5 Å². The minimum atomic E-state index is 0.717. The lowest BCUT2D eigenvalue weighted by Crippen LogP contribution is -2.50. The molecule has 0 aromatic carbocycles. The number of nitrogens with one attached hydrogen (secondary N) is 1. The van der Waals surface area contributed by atoms with E-state index in [2.05, 4.69) is 31.0 Å². The summed E-state index contributed by atoms with van der Waals surface area (Å²) in [4.78, 5) is 2.83. The van der Waals surface area contributed by atoms with Crippen LogP contribution in [0.2, 0.25) is 0 Å². The van der Waals surface area contributed by atoms with E-state index in [9.17, 15) is 0 Å². The summed E-state index contributed by atoms with van der Waals surface area (Å²) in [5.41, 5.74) is 0. The molecule has 2 heteroatoms. The second kappa shape index (κ2) is 4.84. The topological polar surface area (TPSA) is 15.3 Å². The second-order valence-electron chi connectivity index (χ2n) is 5.47. The lowest BCUT2D eigenvalue weighted by Gasteiger charge is -2.40. The van der Waals surface area contributed by atoms with Crippen molar-refractivity contribution in [1.29, 1.82) is 0 Å². The van der Waals surface area contributed by atoms with Crippen LogP contribution < -0.4 is 5.32 Å². The third kappa shape index (κ3) is 2.36. The Bertz CT molecular complexity index is 205. The molecule has 2 aliphatic heterocycles. The van der Waals surface area contributed by atoms with Crippen LogP contribution in [0.4, 0.5) is 0 Å². The van der Waals surface area contributed by atoms with Gasteiger partial charge >= 0.3 is 0 Å². The number of piperidine rings is 1. The minimum Gasteiger partial charge on any atom is -0.314 e. The van der Waals surface area contributed by atoms with Gasteiger partial charge in [-0.3, -0.25) is 4.90 Å². The Kier molecular flexibility index (Phi) is 3.68. The van der Waals surface area contributed by atoms with E-state index >= 15 is 0 Å². The highest BCUT2D eigenvalue weighted by molar-refractivity contribution is 4.92. The van der Waals surface area contributed by atoms with Gasteiger partial charge in [0.05, 0.1) is 0 Å². The van der Waals surface area contributed by atoms with Crippen LogP contribution in [0.15, 0.2) is 0 Å². The van der Waals surface area contributed by atoms with Gasteiger partial charge < -0.3 is 5.32 Å². The Hall–Kier alpha value is -0.0800. The first-order valence-electron chi connectivity index (χ1n) is 6.73. The predicted molar refractivity (Wildman–Crippen MR) is 65.1 cm³/mol. The Morgan fingerprint density at radius 2 is 2.00 bits per heavy atom. The fourth-order valence-corrected chi connectivity index (χ4v) is 3.54. The highest BCUT2D eigenvalue weighted by Gasteiger charge is 2.36. The van der Waals surface area contributed by atoms with Crippen LogP contribution in [0.25, 0.3) is 0 Å². The summed E-state index contributed by atoms with van der Waals surface area (Å²) in [5, 5.41) is 3.56. The van der Waals surface area contributed by atoms with E-state index in [0.29, 0.717) is 6.04 Å². The number of rotatable bonds is 2. The molecule has 0 amide bonds. The largest absolute Gasteiger partial charge is 0.314 e. The molecular formula is C13H26N2. The molecule has 0 bridgehead atoms. The zero-order chi connectivity index (χ0) is 10.8. The molecule has 2 nitrogen and oxygen atoms in total. The van der Waals surface area contributed by atoms with Crippen LogP contribution in [-0.2, 0) is 0 Å². The molecule has 0 saturated carbocycles. The Balaban J connectivity index is 2.00. The third-order valence-corrected chi connectivity index (χ3v) is 4.34. The van der Waals surface area contributed by atoms with Gasteiger partial charge in [0.15, 0.2) is 0 Å². The fourth-order valence-electron chi connectivity index (χ4n) is 3.54. The molecular weight excluding hydrogens is 184 g/mol. The Labute approximate surface area is 94.4 Å². The predicted octanol–water partition coefficient (Wildman–Crippen LogP) is 2.39. The standard InChI is InChI=1S/C13H26N2/c1-4-12-6-5-11(3)15(12)13-7-8-14-10(2)9-13/h10-14H,4-9H2,1-3H3. The minimum absolute atomic E-state index is 0.717. The monoisotopic (exact) mass is 210 g/mol. The first-order valence-corrected chi connectivity index (χ1v) is 6.73. The maximum absolute atomic E-state index is 3.56. The van der Waals surface area contributed by atoms with Crippen molar-refractivity contribution in [2.24, 2.45) is 0 Å². The van der Waals surface area contributed by atoms with E-state index < -0.39 is 0 Å². The maximum atomic E-state index is 3.56. The first kappa shape index (κ1) is 11.4. The molecule has 0 spiro atoms. The summed E-state index contributed by atoms with van der Waals surface area (Å²) in [6, 6.07) is 3.26. The van der Waals surface area contributed by atoms with E-state index in [1.54, 1.807) is 0 Å². The molecule has 2 saturated heterocycles. The Morgan fingerprint density at radius 3 is 2.67 bits per heavy atom. The van der Waals surface area contributed by atoms with Gasteiger partial charge in [-0.2, -0.15) is 0 Å². The van der Waals surface area contributed by atoms with Gasteiger partial charge in [-0.1, -0.05) is 6.92 Å². The van der Waals surface area contributed by atoms with Crippen molar-refractivity contribution in [3.63, 3.8) is 0 Å². The summed E-state index contributed by atoms with van der Waals surface area (Å²) in [6.07, 6.45) is 6.88. The molecule has 0 aliphatic carbocycles. The van der Waals surface area contributed by atoms with Gasteiger partial charge in [-0.15, -0.1) is 0 Å². The zero-order valence-electron chi connectivity index (χ0n) is 10.5. The molecule has 2 heterocycles. The van der Waals surface area contributed by atoms with Crippen LogP contribution >= 0.6 is 0 Å². The van der Waals surface area contributed by atoms with Crippen LogP contribution in [0.5, 0.6) is 0 Å². The van der Waals surface area contributed by atoms with Crippen LogP contribution in [-0.4, -0.2) is 35.6 Å². The maximum Gasteiger partial charge on any atom is 0.0128 e. The fraction of sp³-hybridized carbons (Fsp3) is 1.00. The van der Waals surface area contributed by atoms with Gasteiger partial charge in [-0.25, -0.2) is 0 Å². The van der Waals surface area contributed by atoms with Crippen molar-refractivity contribution in [2.45, 2.75) is 77.0 Å². The summed E-state index contributed by atoms with van der Waals surface area (Å²) in [5.74, 6) is 0. The second-order valence-corrected chi connectivity index (χ2v) is 5.47. The highest BCUT2D eigenvalue weighted by Crippen LogP contribution is 2.31. The normalized spacial score (nSPS) is 43.4. The first-order chi connectivity index (χ1) is 7.22. The van der Waals surface area contributed by atoms with Crippen molar-refractivity contribution in [3.8, 4) is 0 Å². The number of likely N-dealkylation sites (tertiary alicyclic amines) is 1. The molecule has 4 unspecified atom stereocenters. The van der Waals surface area contributed by atoms with Crippen molar-refractivity contribution in [2.75, 3.05) is 6.54 Å². The molecule has 4 atom stereocenters. The van der Waals surface area contributed by atoms with Gasteiger partial charge in [0.2, 0.25) is 0 Å². The SMILES string of the molecule is CCC1CCC(C)N1C1CCNC(C)C1. The van der Waals surface area contributed by atoms with E-state index in [0.717, 1.165) is 18.1 Å². The average molecular weight is 210 g/mol. The third-order valence-electron chi connectivity index (χ3n) is 4.34. The molecule has 1 N–H and O–H groups in total. The van der Waals surface area contributed by atoms with Crippen molar-refractivity contribution in [3.05, 3.63) is 0 Å². The molecule has 2 fully saturated rings. The molecule has 0 aromatic heterocycles. The van der Waals surface area contributed by atoms with E-state index in [1.165, 1.54) is 38.6 Å².